The van der Waals surface area contributed by atoms with E-state index in [0.29, 0.717) is 41.7 Å². The van der Waals surface area contributed by atoms with E-state index in [0.717, 1.165) is 12.8 Å². The zero-order chi connectivity index (χ0) is 17.8. The molecule has 0 radical (unpaired) electrons. The van der Waals surface area contributed by atoms with Crippen LogP contribution in [0, 0.1) is 6.92 Å². The summed E-state index contributed by atoms with van der Waals surface area (Å²) >= 11 is 0. The molecule has 2 amide bonds. The Bertz CT molecular complexity index is 787. The van der Waals surface area contributed by atoms with Crippen LogP contribution in [0.15, 0.2) is 22.6 Å². The van der Waals surface area contributed by atoms with Gasteiger partial charge in [-0.2, -0.15) is 0 Å². The number of aryl methyl sites for hydroxylation is 1. The van der Waals surface area contributed by atoms with Crippen molar-refractivity contribution in [2.75, 3.05) is 25.5 Å². The van der Waals surface area contributed by atoms with E-state index in [4.69, 9.17) is 9.15 Å². The van der Waals surface area contributed by atoms with Gasteiger partial charge in [-0.1, -0.05) is 0 Å². The summed E-state index contributed by atoms with van der Waals surface area (Å²) in [5, 5.41) is 10.6. The summed E-state index contributed by atoms with van der Waals surface area (Å²) in [5.74, 6) is 1.08. The molecule has 1 fully saturated rings. The summed E-state index contributed by atoms with van der Waals surface area (Å²) in [6.07, 6.45) is 2.31. The van der Waals surface area contributed by atoms with Gasteiger partial charge in [-0.15, -0.1) is 10.2 Å². The fraction of sp³-hybridized carbons (Fsp3) is 0.412. The van der Waals surface area contributed by atoms with Crippen LogP contribution in [-0.4, -0.2) is 47.1 Å². The molecule has 1 aromatic carbocycles. The average Bonchev–Trinajstić information content (AvgIpc) is 3.03. The molecule has 0 bridgehead atoms. The quantitative estimate of drug-likeness (QED) is 0.891. The Morgan fingerprint density at radius 2 is 2.20 bits per heavy atom. The first-order valence-corrected chi connectivity index (χ1v) is 8.13. The Morgan fingerprint density at radius 1 is 1.36 bits per heavy atom. The molecule has 0 unspecified atom stereocenters. The lowest BCUT2D eigenvalue weighted by molar-refractivity contribution is -0.136. The minimum absolute atomic E-state index is 0.0171. The van der Waals surface area contributed by atoms with Crippen molar-refractivity contribution in [1.82, 2.24) is 15.1 Å². The van der Waals surface area contributed by atoms with Gasteiger partial charge in [0.2, 0.25) is 23.6 Å². The van der Waals surface area contributed by atoms with Crippen LogP contribution in [0.5, 0.6) is 5.75 Å². The summed E-state index contributed by atoms with van der Waals surface area (Å²) in [7, 11) is 1.52. The van der Waals surface area contributed by atoms with E-state index in [2.05, 4.69) is 15.5 Å². The molecule has 0 saturated carbocycles. The summed E-state index contributed by atoms with van der Waals surface area (Å²) in [6, 6.07) is 5.20. The summed E-state index contributed by atoms with van der Waals surface area (Å²) in [4.78, 5) is 25.8. The first kappa shape index (κ1) is 16.9. The number of piperidine rings is 1. The number of hydrogen-bond acceptors (Lipinski definition) is 6. The maximum atomic E-state index is 12.3. The second-order valence-corrected chi connectivity index (χ2v) is 5.86. The van der Waals surface area contributed by atoms with Gasteiger partial charge in [-0.3, -0.25) is 9.59 Å². The van der Waals surface area contributed by atoms with Crippen LogP contribution in [0.1, 0.15) is 25.2 Å². The Kier molecular flexibility index (Phi) is 4.97. The second kappa shape index (κ2) is 7.33. The smallest absolute Gasteiger partial charge is 0.247 e. The third-order valence-electron chi connectivity index (χ3n) is 4.00. The molecule has 0 atom stereocenters. The Labute approximate surface area is 145 Å². The number of carbonyl (C=O) groups is 2. The van der Waals surface area contributed by atoms with Crippen LogP contribution >= 0.6 is 0 Å². The Balaban J connectivity index is 1.75. The fourth-order valence-corrected chi connectivity index (χ4v) is 2.74. The van der Waals surface area contributed by atoms with E-state index in [9.17, 15) is 9.59 Å². The fourth-order valence-electron chi connectivity index (χ4n) is 2.74. The highest BCUT2D eigenvalue weighted by Gasteiger charge is 2.21. The van der Waals surface area contributed by atoms with E-state index in [1.54, 1.807) is 30.0 Å². The Hall–Kier alpha value is -2.90. The predicted molar refractivity (Wildman–Crippen MR) is 90.1 cm³/mol. The normalized spacial score (nSPS) is 14.5. The van der Waals surface area contributed by atoms with E-state index in [-0.39, 0.29) is 18.4 Å². The molecule has 1 saturated heterocycles. The van der Waals surface area contributed by atoms with Crippen LogP contribution in [0.2, 0.25) is 0 Å². The summed E-state index contributed by atoms with van der Waals surface area (Å²) < 4.78 is 10.7. The number of hydrogen-bond donors (Lipinski definition) is 1. The molecule has 1 aliphatic rings. The van der Waals surface area contributed by atoms with Gasteiger partial charge in [0.15, 0.2) is 0 Å². The van der Waals surface area contributed by atoms with Crippen molar-refractivity contribution >= 4 is 17.5 Å². The monoisotopic (exact) mass is 344 g/mol. The number of rotatable bonds is 5. The molecule has 1 N–H and O–H groups in total. The van der Waals surface area contributed by atoms with Crippen molar-refractivity contribution in [2.45, 2.75) is 26.2 Å². The van der Waals surface area contributed by atoms with E-state index < -0.39 is 0 Å². The maximum Gasteiger partial charge on any atom is 0.247 e. The highest BCUT2D eigenvalue weighted by Crippen LogP contribution is 2.30. The van der Waals surface area contributed by atoms with Crippen molar-refractivity contribution in [1.29, 1.82) is 0 Å². The van der Waals surface area contributed by atoms with Crippen molar-refractivity contribution < 1.29 is 18.7 Å². The van der Waals surface area contributed by atoms with Crippen LogP contribution in [0.4, 0.5) is 5.69 Å². The van der Waals surface area contributed by atoms with Crippen molar-refractivity contribution in [3.8, 4) is 17.2 Å². The van der Waals surface area contributed by atoms with Crippen molar-refractivity contribution in [2.24, 2.45) is 0 Å². The van der Waals surface area contributed by atoms with Gasteiger partial charge in [0.05, 0.1) is 19.3 Å². The molecule has 2 aromatic rings. The maximum absolute atomic E-state index is 12.3. The number of nitrogens with zero attached hydrogens (tertiary/aromatic N) is 3. The molecule has 3 rings (SSSR count). The first-order chi connectivity index (χ1) is 12.1. The van der Waals surface area contributed by atoms with Gasteiger partial charge >= 0.3 is 0 Å². The zero-order valence-electron chi connectivity index (χ0n) is 14.2. The molecule has 0 spiro atoms. The van der Waals surface area contributed by atoms with Gasteiger partial charge in [-0.25, -0.2) is 0 Å². The Morgan fingerprint density at radius 3 is 2.88 bits per heavy atom. The lowest BCUT2D eigenvalue weighted by Gasteiger charge is -2.26. The third-order valence-corrected chi connectivity index (χ3v) is 4.00. The van der Waals surface area contributed by atoms with Crippen molar-refractivity contribution in [3.05, 3.63) is 24.1 Å². The highest BCUT2D eigenvalue weighted by atomic mass is 16.5. The molecule has 1 aromatic heterocycles. The zero-order valence-corrected chi connectivity index (χ0v) is 14.2. The van der Waals surface area contributed by atoms with Gasteiger partial charge in [0.25, 0.3) is 0 Å². The number of amides is 2. The SMILES string of the molecule is COc1ccc(-c2nnc(C)o2)cc1NC(=O)CN1CCCCC1=O. The number of aromatic nitrogens is 2. The van der Waals surface area contributed by atoms with Crippen LogP contribution in [-0.2, 0) is 9.59 Å². The van der Waals surface area contributed by atoms with Crippen molar-refractivity contribution in [3.63, 3.8) is 0 Å². The van der Waals surface area contributed by atoms with E-state index in [1.165, 1.54) is 7.11 Å². The molecule has 0 aliphatic carbocycles. The molecule has 2 heterocycles. The average molecular weight is 344 g/mol. The van der Waals surface area contributed by atoms with Crippen LogP contribution < -0.4 is 10.1 Å². The number of methoxy groups -OCH3 is 1. The minimum atomic E-state index is -0.271. The topological polar surface area (TPSA) is 97.6 Å². The molecular weight excluding hydrogens is 324 g/mol. The molecule has 25 heavy (non-hydrogen) atoms. The van der Waals surface area contributed by atoms with Gasteiger partial charge in [-0.05, 0) is 31.0 Å². The van der Waals surface area contributed by atoms with Crippen LogP contribution in [0.25, 0.3) is 11.5 Å². The van der Waals surface area contributed by atoms with E-state index in [1.807, 2.05) is 0 Å². The molecular formula is C17H20N4O4. The largest absolute Gasteiger partial charge is 0.495 e. The number of nitrogens with one attached hydrogen (secondary N) is 1. The molecule has 8 heteroatoms. The molecule has 1 aliphatic heterocycles. The van der Waals surface area contributed by atoms with Gasteiger partial charge < -0.3 is 19.4 Å². The lowest BCUT2D eigenvalue weighted by atomic mass is 10.1. The van der Waals surface area contributed by atoms with Gasteiger partial charge in [0, 0.05) is 25.5 Å². The van der Waals surface area contributed by atoms with E-state index >= 15 is 0 Å². The number of anilines is 1. The standard InChI is InChI=1S/C17H20N4O4/c1-11-19-20-17(25-11)12-6-7-14(24-2)13(9-12)18-15(22)10-21-8-4-3-5-16(21)23/h6-7,9H,3-5,8,10H2,1-2H3,(H,18,22). The summed E-state index contributed by atoms with van der Waals surface area (Å²) in [6.45, 7) is 2.36. The molecule has 8 nitrogen and oxygen atoms in total. The van der Waals surface area contributed by atoms with Gasteiger partial charge in [0.1, 0.15) is 5.75 Å². The number of carbonyl (C=O) groups excluding carboxylic acids is 2. The minimum Gasteiger partial charge on any atom is -0.495 e. The predicted octanol–water partition coefficient (Wildman–Crippen LogP) is 2.00. The number of likely N-dealkylation sites (tertiary alicyclic amines) is 1. The molecule has 132 valence electrons. The number of benzene rings is 1. The number of ether oxygens (including phenoxy) is 1. The highest BCUT2D eigenvalue weighted by molar-refractivity contribution is 5.96. The summed E-state index contributed by atoms with van der Waals surface area (Å²) in [5.41, 5.74) is 1.16. The lowest BCUT2D eigenvalue weighted by Crippen LogP contribution is -2.40. The third kappa shape index (κ3) is 3.96. The second-order valence-electron chi connectivity index (χ2n) is 5.86. The first-order valence-electron chi connectivity index (χ1n) is 8.13. The van der Waals surface area contributed by atoms with Crippen LogP contribution in [0.3, 0.4) is 0 Å².